The lowest BCUT2D eigenvalue weighted by molar-refractivity contribution is 0.0984. The summed E-state index contributed by atoms with van der Waals surface area (Å²) in [6.45, 7) is 2.41. The zero-order valence-corrected chi connectivity index (χ0v) is 16.8. The van der Waals surface area contributed by atoms with Crippen LogP contribution in [0.4, 0.5) is 4.79 Å². The Balaban J connectivity index is 1.87. The SMILES string of the molecule is CCC(=O)c1cn(-c2ccc(OCCNC(N)=O)cc2)c(-c2ccc(OC)nc2)n1. The summed E-state index contributed by atoms with van der Waals surface area (Å²) in [5.41, 5.74) is 6.97. The van der Waals surface area contributed by atoms with Crippen molar-refractivity contribution in [3.8, 4) is 28.7 Å². The molecule has 9 nitrogen and oxygen atoms in total. The van der Waals surface area contributed by atoms with E-state index in [1.807, 2.05) is 22.8 Å². The Morgan fingerprint density at radius 1 is 1.17 bits per heavy atom. The number of carbonyl (C=O) groups excluding carboxylic acids is 2. The average Bonchev–Trinajstić information content (AvgIpc) is 3.22. The Morgan fingerprint density at radius 2 is 1.93 bits per heavy atom. The van der Waals surface area contributed by atoms with Gasteiger partial charge >= 0.3 is 6.03 Å². The Bertz CT molecular complexity index is 1010. The van der Waals surface area contributed by atoms with Crippen LogP contribution in [-0.2, 0) is 0 Å². The summed E-state index contributed by atoms with van der Waals surface area (Å²) >= 11 is 0. The minimum Gasteiger partial charge on any atom is -0.492 e. The lowest BCUT2D eigenvalue weighted by atomic mass is 10.2. The first-order valence-corrected chi connectivity index (χ1v) is 9.41. The van der Waals surface area contributed by atoms with Crippen LogP contribution in [0.25, 0.3) is 17.1 Å². The molecule has 2 heterocycles. The second-order valence-electron chi connectivity index (χ2n) is 6.32. The molecule has 30 heavy (non-hydrogen) atoms. The summed E-state index contributed by atoms with van der Waals surface area (Å²) in [5.74, 6) is 1.69. The number of pyridine rings is 1. The molecule has 0 aliphatic heterocycles. The third-order valence-electron chi connectivity index (χ3n) is 4.30. The van der Waals surface area contributed by atoms with Crippen LogP contribution in [0.5, 0.6) is 11.6 Å². The number of imidazole rings is 1. The van der Waals surface area contributed by atoms with E-state index in [1.165, 1.54) is 0 Å². The third kappa shape index (κ3) is 4.93. The molecule has 3 N–H and O–H groups in total. The van der Waals surface area contributed by atoms with Gasteiger partial charge in [-0.3, -0.25) is 9.36 Å². The number of aromatic nitrogens is 3. The van der Waals surface area contributed by atoms with Crippen LogP contribution < -0.4 is 20.5 Å². The number of primary amides is 1. The molecule has 156 valence electrons. The van der Waals surface area contributed by atoms with Crippen molar-refractivity contribution in [2.45, 2.75) is 13.3 Å². The van der Waals surface area contributed by atoms with E-state index in [9.17, 15) is 9.59 Å². The van der Waals surface area contributed by atoms with Gasteiger partial charge in [0.1, 0.15) is 23.9 Å². The van der Waals surface area contributed by atoms with E-state index in [0.29, 0.717) is 42.7 Å². The van der Waals surface area contributed by atoms with Crippen molar-refractivity contribution in [2.24, 2.45) is 5.73 Å². The zero-order valence-electron chi connectivity index (χ0n) is 16.8. The van der Waals surface area contributed by atoms with Gasteiger partial charge in [-0.25, -0.2) is 14.8 Å². The van der Waals surface area contributed by atoms with Gasteiger partial charge < -0.3 is 20.5 Å². The molecule has 0 radical (unpaired) electrons. The van der Waals surface area contributed by atoms with Gasteiger partial charge in [-0.05, 0) is 30.3 Å². The molecule has 3 rings (SSSR count). The summed E-state index contributed by atoms with van der Waals surface area (Å²) in [6.07, 6.45) is 3.74. The van der Waals surface area contributed by atoms with Gasteiger partial charge in [0.05, 0.1) is 13.7 Å². The number of ether oxygens (including phenoxy) is 2. The average molecular weight is 409 g/mol. The molecule has 0 atom stereocenters. The molecule has 0 fully saturated rings. The van der Waals surface area contributed by atoms with Gasteiger partial charge in [0, 0.05) is 36.1 Å². The first-order valence-electron chi connectivity index (χ1n) is 9.41. The van der Waals surface area contributed by atoms with Crippen LogP contribution in [0.15, 0.2) is 48.8 Å². The summed E-state index contributed by atoms with van der Waals surface area (Å²) in [7, 11) is 1.55. The maximum absolute atomic E-state index is 12.2. The summed E-state index contributed by atoms with van der Waals surface area (Å²) in [6, 6.07) is 10.3. The predicted octanol–water partition coefficient (Wildman–Crippen LogP) is 2.58. The molecule has 2 amide bonds. The molecule has 0 saturated heterocycles. The highest BCUT2D eigenvalue weighted by Gasteiger charge is 2.16. The maximum Gasteiger partial charge on any atom is 0.312 e. The molecule has 1 aromatic carbocycles. The summed E-state index contributed by atoms with van der Waals surface area (Å²) in [5, 5.41) is 2.46. The minimum absolute atomic E-state index is 0.0432. The van der Waals surface area contributed by atoms with E-state index in [2.05, 4.69) is 15.3 Å². The number of carbonyl (C=O) groups is 2. The third-order valence-corrected chi connectivity index (χ3v) is 4.30. The highest BCUT2D eigenvalue weighted by molar-refractivity contribution is 5.94. The van der Waals surface area contributed by atoms with Gasteiger partial charge in [-0.15, -0.1) is 0 Å². The largest absolute Gasteiger partial charge is 0.492 e. The van der Waals surface area contributed by atoms with Crippen LogP contribution in [0.2, 0.25) is 0 Å². The zero-order chi connectivity index (χ0) is 21.5. The molecule has 9 heteroatoms. The monoisotopic (exact) mass is 409 g/mol. The van der Waals surface area contributed by atoms with Crippen molar-refractivity contribution in [3.05, 3.63) is 54.5 Å². The number of ketones is 1. The Kier molecular flexibility index (Phi) is 6.63. The molecular weight excluding hydrogens is 386 g/mol. The van der Waals surface area contributed by atoms with Gasteiger partial charge in [0.25, 0.3) is 0 Å². The van der Waals surface area contributed by atoms with Crippen LogP contribution in [0.3, 0.4) is 0 Å². The number of nitrogens with one attached hydrogen (secondary N) is 1. The number of amides is 2. The Hall–Kier alpha value is -3.88. The topological polar surface area (TPSA) is 121 Å². The molecule has 3 aromatic rings. The molecular formula is C21H23N5O4. The van der Waals surface area contributed by atoms with Crippen LogP contribution in [0, 0.1) is 0 Å². The fourth-order valence-electron chi connectivity index (χ4n) is 2.78. The van der Waals surface area contributed by atoms with Crippen molar-refractivity contribution in [1.82, 2.24) is 19.9 Å². The molecule has 0 spiro atoms. The van der Waals surface area contributed by atoms with E-state index in [4.69, 9.17) is 15.2 Å². The molecule has 0 aliphatic rings. The normalized spacial score (nSPS) is 10.5. The molecule has 0 unspecified atom stereocenters. The number of nitrogens with zero attached hydrogens (tertiary/aromatic N) is 3. The van der Waals surface area contributed by atoms with E-state index in [-0.39, 0.29) is 5.78 Å². The number of methoxy groups -OCH3 is 1. The highest BCUT2D eigenvalue weighted by atomic mass is 16.5. The molecule has 0 bridgehead atoms. The van der Waals surface area contributed by atoms with Crippen molar-refractivity contribution >= 4 is 11.8 Å². The van der Waals surface area contributed by atoms with Crippen molar-refractivity contribution < 1.29 is 19.1 Å². The lowest BCUT2D eigenvalue weighted by Gasteiger charge is -2.10. The van der Waals surface area contributed by atoms with Gasteiger partial charge in [-0.1, -0.05) is 6.92 Å². The Labute approximate surface area is 173 Å². The fourth-order valence-corrected chi connectivity index (χ4v) is 2.78. The van der Waals surface area contributed by atoms with E-state index in [1.54, 1.807) is 44.6 Å². The number of urea groups is 1. The number of rotatable bonds is 9. The highest BCUT2D eigenvalue weighted by Crippen LogP contribution is 2.25. The second kappa shape index (κ2) is 9.55. The van der Waals surface area contributed by atoms with E-state index >= 15 is 0 Å². The predicted molar refractivity (Wildman–Crippen MR) is 111 cm³/mol. The number of hydrogen-bond acceptors (Lipinski definition) is 6. The minimum atomic E-state index is -0.591. The number of Topliss-reactive ketones (excluding diaryl/α,β-unsaturated/α-hetero) is 1. The summed E-state index contributed by atoms with van der Waals surface area (Å²) < 4.78 is 12.5. The standard InChI is InChI=1S/C21H23N5O4/c1-3-18(27)17-13-26(20(25-17)14-4-9-19(29-2)24-12-14)15-5-7-16(8-6-15)30-11-10-23-21(22)28/h4-9,12-13H,3,10-11H2,1-2H3,(H3,22,23,28). The quantitative estimate of drug-likeness (QED) is 0.414. The van der Waals surface area contributed by atoms with Crippen LogP contribution in [-0.4, -0.2) is 46.6 Å². The van der Waals surface area contributed by atoms with Crippen LogP contribution in [0.1, 0.15) is 23.8 Å². The Morgan fingerprint density at radius 3 is 2.53 bits per heavy atom. The van der Waals surface area contributed by atoms with E-state index in [0.717, 1.165) is 11.3 Å². The molecule has 0 saturated carbocycles. The number of benzene rings is 1. The van der Waals surface area contributed by atoms with Gasteiger partial charge in [0.15, 0.2) is 5.78 Å². The van der Waals surface area contributed by atoms with Crippen molar-refractivity contribution in [3.63, 3.8) is 0 Å². The van der Waals surface area contributed by atoms with Crippen LogP contribution >= 0.6 is 0 Å². The first-order chi connectivity index (χ1) is 14.5. The summed E-state index contributed by atoms with van der Waals surface area (Å²) in [4.78, 5) is 31.7. The smallest absolute Gasteiger partial charge is 0.312 e. The maximum atomic E-state index is 12.2. The lowest BCUT2D eigenvalue weighted by Crippen LogP contribution is -2.32. The van der Waals surface area contributed by atoms with Gasteiger partial charge in [0.2, 0.25) is 5.88 Å². The van der Waals surface area contributed by atoms with Crippen molar-refractivity contribution in [1.29, 1.82) is 0 Å². The number of hydrogen-bond donors (Lipinski definition) is 2. The second-order valence-corrected chi connectivity index (χ2v) is 6.32. The molecule has 0 aliphatic carbocycles. The van der Waals surface area contributed by atoms with Crippen molar-refractivity contribution in [2.75, 3.05) is 20.3 Å². The van der Waals surface area contributed by atoms with Gasteiger partial charge in [-0.2, -0.15) is 0 Å². The first kappa shape index (κ1) is 20.8. The molecule has 2 aromatic heterocycles. The van der Waals surface area contributed by atoms with E-state index < -0.39 is 6.03 Å². The number of nitrogens with two attached hydrogens (primary N) is 1. The fraction of sp³-hybridized carbons (Fsp3) is 0.238.